The Morgan fingerprint density at radius 2 is 1.89 bits per heavy atom. The summed E-state index contributed by atoms with van der Waals surface area (Å²) in [5.41, 5.74) is 2.92. The summed E-state index contributed by atoms with van der Waals surface area (Å²) in [6, 6.07) is 13.1. The lowest BCUT2D eigenvalue weighted by Crippen LogP contribution is -2.30. The predicted molar refractivity (Wildman–Crippen MR) is 108 cm³/mol. The first-order valence-corrected chi connectivity index (χ1v) is 8.97. The van der Waals surface area contributed by atoms with Crippen LogP contribution in [0.5, 0.6) is 5.75 Å². The Hall–Kier alpha value is -3.48. The number of aromatic nitrogens is 3. The van der Waals surface area contributed by atoms with Crippen molar-refractivity contribution in [3.8, 4) is 5.75 Å². The second-order valence-corrected chi connectivity index (χ2v) is 6.38. The molecule has 1 N–H and O–H groups in total. The maximum absolute atomic E-state index is 12.8. The summed E-state index contributed by atoms with van der Waals surface area (Å²) in [4.78, 5) is 27.3. The van der Waals surface area contributed by atoms with Crippen LogP contribution in [0.3, 0.4) is 0 Å². The van der Waals surface area contributed by atoms with E-state index in [9.17, 15) is 4.79 Å². The first kappa shape index (κ1) is 19.3. The molecule has 7 heteroatoms. The molecule has 0 saturated carbocycles. The third-order valence-electron chi connectivity index (χ3n) is 4.26. The zero-order chi connectivity index (χ0) is 19.9. The number of hydrogen-bond acceptors (Lipinski definition) is 6. The number of para-hydroxylation sites is 2. The van der Waals surface area contributed by atoms with Gasteiger partial charge in [0.1, 0.15) is 11.4 Å². The number of nitrogens with zero attached hydrogens (tertiary/aromatic N) is 4. The van der Waals surface area contributed by atoms with Gasteiger partial charge in [-0.2, -0.15) is 0 Å². The van der Waals surface area contributed by atoms with Crippen molar-refractivity contribution in [1.29, 1.82) is 0 Å². The number of hydrogen-bond donors (Lipinski definition) is 1. The monoisotopic (exact) mass is 377 g/mol. The molecule has 3 aromatic rings. The highest BCUT2D eigenvalue weighted by Gasteiger charge is 2.16. The van der Waals surface area contributed by atoms with Gasteiger partial charge in [-0.05, 0) is 49.2 Å². The molecular weight excluding hydrogens is 354 g/mol. The van der Waals surface area contributed by atoms with Crippen molar-refractivity contribution >= 4 is 17.5 Å². The lowest BCUT2D eigenvalue weighted by atomic mass is 10.2. The number of ether oxygens (including phenoxy) is 1. The van der Waals surface area contributed by atoms with Crippen molar-refractivity contribution in [2.45, 2.75) is 13.3 Å². The zero-order valence-corrected chi connectivity index (χ0v) is 16.2. The fourth-order valence-electron chi connectivity index (χ4n) is 2.75. The number of methoxy groups -OCH3 is 1. The Kier molecular flexibility index (Phi) is 6.16. The molecule has 0 aliphatic rings. The summed E-state index contributed by atoms with van der Waals surface area (Å²) in [6.45, 7) is 2.42. The highest BCUT2D eigenvalue weighted by molar-refractivity contribution is 5.92. The molecule has 1 amide bonds. The van der Waals surface area contributed by atoms with Gasteiger partial charge in [0.15, 0.2) is 0 Å². The van der Waals surface area contributed by atoms with Crippen LogP contribution in [0.15, 0.2) is 54.9 Å². The van der Waals surface area contributed by atoms with Crippen LogP contribution < -0.4 is 10.1 Å². The number of carbonyl (C=O) groups excluding carboxylic acids is 1. The Balaban J connectivity index is 1.73. The van der Waals surface area contributed by atoms with Gasteiger partial charge >= 0.3 is 0 Å². The van der Waals surface area contributed by atoms with Gasteiger partial charge in [-0.15, -0.1) is 0 Å². The van der Waals surface area contributed by atoms with E-state index in [4.69, 9.17) is 4.74 Å². The minimum absolute atomic E-state index is 0.150. The molecule has 0 unspecified atom stereocenters. The summed E-state index contributed by atoms with van der Waals surface area (Å²) in [6.07, 6.45) is 4.25. The molecule has 28 heavy (non-hydrogen) atoms. The molecule has 0 atom stereocenters. The van der Waals surface area contributed by atoms with E-state index in [0.717, 1.165) is 17.7 Å². The minimum atomic E-state index is -0.150. The zero-order valence-electron chi connectivity index (χ0n) is 16.2. The highest BCUT2D eigenvalue weighted by atomic mass is 16.5. The quantitative estimate of drug-likeness (QED) is 0.681. The van der Waals surface area contributed by atoms with E-state index in [1.165, 1.54) is 0 Å². The van der Waals surface area contributed by atoms with Crippen LogP contribution in [-0.2, 0) is 6.42 Å². The molecule has 0 fully saturated rings. The normalized spacial score (nSPS) is 10.4. The van der Waals surface area contributed by atoms with Gasteiger partial charge in [0.25, 0.3) is 5.91 Å². The second-order valence-electron chi connectivity index (χ2n) is 6.38. The van der Waals surface area contributed by atoms with Crippen LogP contribution in [0.2, 0.25) is 0 Å². The van der Waals surface area contributed by atoms with Crippen molar-refractivity contribution in [3.05, 3.63) is 71.8 Å². The van der Waals surface area contributed by atoms with E-state index in [2.05, 4.69) is 20.3 Å². The van der Waals surface area contributed by atoms with Gasteiger partial charge in [-0.3, -0.25) is 9.78 Å². The summed E-state index contributed by atoms with van der Waals surface area (Å²) in [5, 5.41) is 3.13. The van der Waals surface area contributed by atoms with Crippen molar-refractivity contribution < 1.29 is 9.53 Å². The third-order valence-corrected chi connectivity index (χ3v) is 4.26. The fraction of sp³-hybridized carbons (Fsp3) is 0.238. The SMILES string of the molecule is COc1ccccc1Nc1nc(C)cc(C(=O)N(C)CCc2ccncc2)n1. The summed E-state index contributed by atoms with van der Waals surface area (Å²) in [5.74, 6) is 0.882. The van der Waals surface area contributed by atoms with Crippen LogP contribution in [-0.4, -0.2) is 46.5 Å². The standard InChI is InChI=1S/C21H23N5O2/c1-15-14-18(20(27)26(2)13-10-16-8-11-22-12-9-16)25-21(23-15)24-17-6-4-5-7-19(17)28-3/h4-9,11-12,14H,10,13H2,1-3H3,(H,23,24,25). The number of nitrogens with one attached hydrogen (secondary N) is 1. The van der Waals surface area contributed by atoms with E-state index in [0.29, 0.717) is 29.6 Å². The van der Waals surface area contributed by atoms with Crippen molar-refractivity contribution in [1.82, 2.24) is 19.9 Å². The van der Waals surface area contributed by atoms with E-state index >= 15 is 0 Å². The first-order valence-electron chi connectivity index (χ1n) is 8.97. The number of rotatable bonds is 7. The van der Waals surface area contributed by atoms with Crippen LogP contribution >= 0.6 is 0 Å². The van der Waals surface area contributed by atoms with Crippen LogP contribution in [0.4, 0.5) is 11.6 Å². The van der Waals surface area contributed by atoms with Gasteiger partial charge in [0.05, 0.1) is 12.8 Å². The molecule has 0 saturated heterocycles. The number of amides is 1. The smallest absolute Gasteiger partial charge is 0.272 e. The highest BCUT2D eigenvalue weighted by Crippen LogP contribution is 2.25. The lowest BCUT2D eigenvalue weighted by Gasteiger charge is -2.17. The predicted octanol–water partition coefficient (Wildman–Crippen LogP) is 3.25. The third kappa shape index (κ3) is 4.82. The van der Waals surface area contributed by atoms with Crippen molar-refractivity contribution in [2.75, 3.05) is 26.0 Å². The maximum Gasteiger partial charge on any atom is 0.272 e. The summed E-state index contributed by atoms with van der Waals surface area (Å²) < 4.78 is 5.34. The van der Waals surface area contributed by atoms with Crippen molar-refractivity contribution in [2.24, 2.45) is 0 Å². The molecule has 1 aromatic carbocycles. The summed E-state index contributed by atoms with van der Waals surface area (Å²) >= 11 is 0. The number of aryl methyl sites for hydroxylation is 1. The van der Waals surface area contributed by atoms with Gasteiger partial charge in [-0.25, -0.2) is 9.97 Å². The molecule has 3 rings (SSSR count). The number of likely N-dealkylation sites (N-methyl/N-ethyl adjacent to an activating group) is 1. The maximum atomic E-state index is 12.8. The Morgan fingerprint density at radius 3 is 2.64 bits per heavy atom. The van der Waals surface area contributed by atoms with E-state index in [-0.39, 0.29) is 5.91 Å². The second kappa shape index (κ2) is 8.94. The molecule has 2 heterocycles. The molecule has 0 aliphatic carbocycles. The van der Waals surface area contributed by atoms with Gasteiger partial charge in [0.2, 0.25) is 5.95 Å². The molecule has 0 bridgehead atoms. The van der Waals surface area contributed by atoms with E-state index in [1.54, 1.807) is 37.5 Å². The van der Waals surface area contributed by atoms with Crippen LogP contribution in [0.1, 0.15) is 21.7 Å². The lowest BCUT2D eigenvalue weighted by molar-refractivity contribution is 0.0790. The average Bonchev–Trinajstić information content (AvgIpc) is 2.72. The molecule has 2 aromatic heterocycles. The summed E-state index contributed by atoms with van der Waals surface area (Å²) in [7, 11) is 3.37. The van der Waals surface area contributed by atoms with Gasteiger partial charge < -0.3 is 15.0 Å². The Labute approximate surface area is 164 Å². The molecule has 0 radical (unpaired) electrons. The number of anilines is 2. The number of pyridine rings is 1. The Morgan fingerprint density at radius 1 is 1.14 bits per heavy atom. The van der Waals surface area contributed by atoms with E-state index < -0.39 is 0 Å². The number of carbonyl (C=O) groups is 1. The van der Waals surface area contributed by atoms with Gasteiger partial charge in [0, 0.05) is 31.7 Å². The topological polar surface area (TPSA) is 80.2 Å². The van der Waals surface area contributed by atoms with Crippen molar-refractivity contribution in [3.63, 3.8) is 0 Å². The molecule has 0 spiro atoms. The van der Waals surface area contributed by atoms with E-state index in [1.807, 2.05) is 43.3 Å². The fourth-order valence-corrected chi connectivity index (χ4v) is 2.75. The van der Waals surface area contributed by atoms with Gasteiger partial charge in [-0.1, -0.05) is 12.1 Å². The van der Waals surface area contributed by atoms with Crippen LogP contribution in [0, 0.1) is 6.92 Å². The Bertz CT molecular complexity index is 947. The minimum Gasteiger partial charge on any atom is -0.495 e. The number of benzene rings is 1. The molecule has 0 aliphatic heterocycles. The van der Waals surface area contributed by atoms with Crippen LogP contribution in [0.25, 0.3) is 0 Å². The average molecular weight is 377 g/mol. The largest absolute Gasteiger partial charge is 0.495 e. The first-order chi connectivity index (χ1) is 13.6. The molecular formula is C21H23N5O2. The molecule has 144 valence electrons. The molecule has 7 nitrogen and oxygen atoms in total.